The quantitative estimate of drug-likeness (QED) is 0.737. The van der Waals surface area contributed by atoms with Gasteiger partial charge in [0.1, 0.15) is 0 Å². The smallest absolute Gasteiger partial charge is 0.352 e. The highest BCUT2D eigenvalue weighted by atomic mass is 35.5. The van der Waals surface area contributed by atoms with Crippen LogP contribution in [0.5, 0.6) is 0 Å². The van der Waals surface area contributed by atoms with Crippen LogP contribution in [-0.2, 0) is 11.0 Å². The van der Waals surface area contributed by atoms with Gasteiger partial charge in [-0.05, 0) is 37.8 Å². The maximum Gasteiger partial charge on any atom is 0.417 e. The summed E-state index contributed by atoms with van der Waals surface area (Å²) in [6, 6.07) is 5.40. The third-order valence-corrected chi connectivity index (χ3v) is 4.72. The molecule has 144 valence electrons. The normalized spacial score (nSPS) is 24.5. The molecule has 2 amide bonds. The highest BCUT2D eigenvalue weighted by Crippen LogP contribution is 2.31. The average molecular weight is 392 g/mol. The molecule has 2 aliphatic rings. The van der Waals surface area contributed by atoms with E-state index in [0.717, 1.165) is 37.8 Å². The van der Waals surface area contributed by atoms with Crippen LogP contribution in [0, 0.1) is 0 Å². The number of fused-ring (bicyclic) bond motifs is 2. The number of hydrogen-bond acceptors (Lipinski definition) is 3. The van der Waals surface area contributed by atoms with E-state index in [-0.39, 0.29) is 30.9 Å². The number of hydrogen-bond donors (Lipinski definition) is 3. The van der Waals surface area contributed by atoms with E-state index in [9.17, 15) is 22.8 Å². The first-order valence-corrected chi connectivity index (χ1v) is 8.33. The molecule has 2 fully saturated rings. The minimum atomic E-state index is -4.62. The summed E-state index contributed by atoms with van der Waals surface area (Å²) < 4.78 is 38.8. The van der Waals surface area contributed by atoms with Crippen LogP contribution in [0.1, 0.15) is 41.6 Å². The van der Waals surface area contributed by atoms with E-state index in [4.69, 9.17) is 0 Å². The summed E-state index contributed by atoms with van der Waals surface area (Å²) in [7, 11) is 0. The summed E-state index contributed by atoms with van der Waals surface area (Å²) in [6.45, 7) is -0.343. The maximum atomic E-state index is 12.9. The van der Waals surface area contributed by atoms with Gasteiger partial charge in [-0.1, -0.05) is 12.1 Å². The molecule has 2 aliphatic heterocycles. The van der Waals surface area contributed by atoms with Crippen LogP contribution in [0.15, 0.2) is 24.3 Å². The van der Waals surface area contributed by atoms with Crippen LogP contribution in [0.3, 0.4) is 0 Å². The predicted octanol–water partition coefficient (Wildman–Crippen LogP) is 2.26. The molecule has 0 saturated carbocycles. The first-order chi connectivity index (χ1) is 11.8. The zero-order valence-electron chi connectivity index (χ0n) is 13.9. The first kappa shape index (κ1) is 20.5. The standard InChI is InChI=1S/C17H20F3N3O2.ClH/c18-17(19,20)14-4-2-1-3-13(14)16(25)21-9-15(24)23-12-7-10-5-6-11(8-12)22-10;/h1-4,10-12,22H,5-9H2,(H,21,25)(H,23,24);1H. The predicted molar refractivity (Wildman–Crippen MR) is 92.1 cm³/mol. The molecule has 0 radical (unpaired) electrons. The van der Waals surface area contributed by atoms with E-state index in [1.807, 2.05) is 0 Å². The molecule has 0 aromatic heterocycles. The summed E-state index contributed by atoms with van der Waals surface area (Å²) in [5.74, 6) is -1.29. The Balaban J connectivity index is 0.00000243. The molecule has 2 bridgehead atoms. The van der Waals surface area contributed by atoms with Gasteiger partial charge < -0.3 is 16.0 Å². The fourth-order valence-electron chi connectivity index (χ4n) is 3.64. The number of rotatable bonds is 4. The van der Waals surface area contributed by atoms with Gasteiger partial charge in [-0.25, -0.2) is 0 Å². The molecule has 2 heterocycles. The lowest BCUT2D eigenvalue weighted by atomic mass is 10.00. The molecule has 3 N–H and O–H groups in total. The molecule has 0 aliphatic carbocycles. The monoisotopic (exact) mass is 391 g/mol. The van der Waals surface area contributed by atoms with Crippen LogP contribution in [0.2, 0.25) is 0 Å². The van der Waals surface area contributed by atoms with Crippen molar-refractivity contribution in [3.63, 3.8) is 0 Å². The molecule has 2 saturated heterocycles. The molecule has 1 aromatic carbocycles. The van der Waals surface area contributed by atoms with E-state index < -0.39 is 23.2 Å². The number of piperidine rings is 1. The number of halogens is 4. The second-order valence-corrected chi connectivity index (χ2v) is 6.60. The molecule has 2 unspecified atom stereocenters. The van der Waals surface area contributed by atoms with Crippen molar-refractivity contribution < 1.29 is 22.8 Å². The summed E-state index contributed by atoms with van der Waals surface area (Å²) in [5, 5.41) is 8.59. The minimum Gasteiger partial charge on any atom is -0.352 e. The Bertz CT molecular complexity index is 657. The van der Waals surface area contributed by atoms with Gasteiger partial charge in [-0.2, -0.15) is 13.2 Å². The van der Waals surface area contributed by atoms with Gasteiger partial charge >= 0.3 is 6.18 Å². The van der Waals surface area contributed by atoms with E-state index in [1.54, 1.807) is 0 Å². The maximum absolute atomic E-state index is 12.9. The van der Waals surface area contributed by atoms with Crippen molar-refractivity contribution >= 4 is 24.2 Å². The van der Waals surface area contributed by atoms with Gasteiger partial charge in [0.05, 0.1) is 17.7 Å². The van der Waals surface area contributed by atoms with Crippen molar-refractivity contribution in [3.05, 3.63) is 35.4 Å². The second-order valence-electron chi connectivity index (χ2n) is 6.60. The Kier molecular flexibility index (Phi) is 6.52. The second kappa shape index (κ2) is 8.26. The minimum absolute atomic E-state index is 0. The van der Waals surface area contributed by atoms with Crippen molar-refractivity contribution in [1.29, 1.82) is 0 Å². The SMILES string of the molecule is Cl.O=C(CNC(=O)c1ccccc1C(F)(F)F)NC1CC2CCC(C1)N2. The lowest BCUT2D eigenvalue weighted by molar-refractivity contribution is -0.137. The number of nitrogens with one attached hydrogen (secondary N) is 3. The molecule has 5 nitrogen and oxygen atoms in total. The number of carbonyl (C=O) groups excluding carboxylic acids is 2. The topological polar surface area (TPSA) is 70.2 Å². The van der Waals surface area contributed by atoms with Gasteiger partial charge in [0, 0.05) is 18.1 Å². The van der Waals surface area contributed by atoms with E-state index >= 15 is 0 Å². The largest absolute Gasteiger partial charge is 0.417 e. The molecule has 3 rings (SSSR count). The third-order valence-electron chi connectivity index (χ3n) is 4.72. The van der Waals surface area contributed by atoms with Crippen LogP contribution in [0.25, 0.3) is 0 Å². The number of carbonyl (C=O) groups is 2. The molecular formula is C17H21ClF3N3O2. The molecule has 0 spiro atoms. The highest BCUT2D eigenvalue weighted by Gasteiger charge is 2.35. The lowest BCUT2D eigenvalue weighted by Crippen LogP contribution is -2.50. The number of alkyl halides is 3. The van der Waals surface area contributed by atoms with E-state index in [2.05, 4.69) is 16.0 Å². The Morgan fingerprint density at radius 3 is 2.35 bits per heavy atom. The van der Waals surface area contributed by atoms with Gasteiger partial charge in [-0.15, -0.1) is 12.4 Å². The van der Waals surface area contributed by atoms with Crippen LogP contribution in [0.4, 0.5) is 13.2 Å². The molecular weight excluding hydrogens is 371 g/mol. The Labute approximate surface area is 155 Å². The molecule has 9 heteroatoms. The lowest BCUT2D eigenvalue weighted by Gasteiger charge is -2.29. The van der Waals surface area contributed by atoms with Crippen molar-refractivity contribution in [2.24, 2.45) is 0 Å². The Hall–Kier alpha value is -1.80. The fourth-order valence-corrected chi connectivity index (χ4v) is 3.64. The van der Waals surface area contributed by atoms with Gasteiger partial charge in [0.2, 0.25) is 5.91 Å². The molecule has 1 aromatic rings. The van der Waals surface area contributed by atoms with Gasteiger partial charge in [0.25, 0.3) is 5.91 Å². The summed E-state index contributed by atoms with van der Waals surface area (Å²) in [6.07, 6.45) is -0.741. The molecule has 2 atom stereocenters. The van der Waals surface area contributed by atoms with Crippen LogP contribution < -0.4 is 16.0 Å². The van der Waals surface area contributed by atoms with Crippen molar-refractivity contribution in [2.75, 3.05) is 6.54 Å². The van der Waals surface area contributed by atoms with E-state index in [1.165, 1.54) is 12.1 Å². The number of amides is 2. The van der Waals surface area contributed by atoms with Crippen LogP contribution >= 0.6 is 12.4 Å². The summed E-state index contributed by atoms with van der Waals surface area (Å²) in [4.78, 5) is 24.0. The zero-order chi connectivity index (χ0) is 18.0. The first-order valence-electron chi connectivity index (χ1n) is 8.33. The Morgan fingerprint density at radius 1 is 1.12 bits per heavy atom. The van der Waals surface area contributed by atoms with Crippen molar-refractivity contribution in [3.8, 4) is 0 Å². The van der Waals surface area contributed by atoms with Gasteiger partial charge in [-0.3, -0.25) is 9.59 Å². The zero-order valence-corrected chi connectivity index (χ0v) is 14.8. The fraction of sp³-hybridized carbons (Fsp3) is 0.529. The number of benzene rings is 1. The summed E-state index contributed by atoms with van der Waals surface area (Å²) in [5.41, 5.74) is -1.49. The highest BCUT2D eigenvalue weighted by molar-refractivity contribution is 5.97. The average Bonchev–Trinajstić information content (AvgIpc) is 2.90. The summed E-state index contributed by atoms with van der Waals surface area (Å²) >= 11 is 0. The van der Waals surface area contributed by atoms with Crippen molar-refractivity contribution in [2.45, 2.75) is 50.0 Å². The molecule has 26 heavy (non-hydrogen) atoms. The van der Waals surface area contributed by atoms with Crippen LogP contribution in [-0.4, -0.2) is 36.5 Å². The third kappa shape index (κ3) is 4.88. The Morgan fingerprint density at radius 2 is 1.73 bits per heavy atom. The van der Waals surface area contributed by atoms with Crippen molar-refractivity contribution in [1.82, 2.24) is 16.0 Å². The van der Waals surface area contributed by atoms with E-state index in [0.29, 0.717) is 12.1 Å². The van der Waals surface area contributed by atoms with Gasteiger partial charge in [0.15, 0.2) is 0 Å².